The second-order valence-corrected chi connectivity index (χ2v) is 7.29. The molecule has 0 bridgehead atoms. The quantitative estimate of drug-likeness (QED) is 0.827. The van der Waals surface area contributed by atoms with Crippen molar-refractivity contribution in [2.45, 2.75) is 33.6 Å². The van der Waals surface area contributed by atoms with Gasteiger partial charge in [-0.2, -0.15) is 0 Å². The molecule has 0 spiro atoms. The van der Waals surface area contributed by atoms with E-state index in [0.29, 0.717) is 29.8 Å². The van der Waals surface area contributed by atoms with Gasteiger partial charge >= 0.3 is 6.03 Å². The zero-order valence-corrected chi connectivity index (χ0v) is 14.9. The minimum Gasteiger partial charge on any atom is -0.350 e. The molecule has 0 unspecified atom stereocenters. The van der Waals surface area contributed by atoms with Crippen molar-refractivity contribution in [3.8, 4) is 0 Å². The fraction of sp³-hybridized carbons (Fsp3) is 0.688. The first-order valence-corrected chi connectivity index (χ1v) is 9.06. The molecule has 2 atom stereocenters. The average Bonchev–Trinajstić information content (AvgIpc) is 2.85. The van der Waals surface area contributed by atoms with Gasteiger partial charge in [-0.1, -0.05) is 13.8 Å². The van der Waals surface area contributed by atoms with Crippen molar-refractivity contribution in [1.82, 2.24) is 20.5 Å². The van der Waals surface area contributed by atoms with E-state index in [0.717, 1.165) is 25.2 Å². The second-order valence-electron chi connectivity index (χ2n) is 6.44. The summed E-state index contributed by atoms with van der Waals surface area (Å²) in [5.41, 5.74) is 2.40. The van der Waals surface area contributed by atoms with E-state index in [2.05, 4.69) is 29.5 Å². The van der Waals surface area contributed by atoms with Crippen LogP contribution >= 0.6 is 11.3 Å². The first-order chi connectivity index (χ1) is 11.0. The van der Waals surface area contributed by atoms with E-state index >= 15 is 0 Å². The van der Waals surface area contributed by atoms with Crippen molar-refractivity contribution in [1.29, 1.82) is 0 Å². The Bertz CT molecular complexity index is 546. The lowest BCUT2D eigenvalue weighted by Gasteiger charge is -2.23. The number of amides is 3. The van der Waals surface area contributed by atoms with E-state index in [1.54, 1.807) is 5.51 Å². The molecule has 1 fully saturated rings. The van der Waals surface area contributed by atoms with Gasteiger partial charge < -0.3 is 15.5 Å². The molecule has 7 heteroatoms. The molecule has 1 saturated heterocycles. The number of rotatable bonds is 4. The summed E-state index contributed by atoms with van der Waals surface area (Å²) >= 11 is 1.33. The van der Waals surface area contributed by atoms with Crippen LogP contribution in [0.1, 0.15) is 42.1 Å². The van der Waals surface area contributed by atoms with Crippen LogP contribution in [-0.2, 0) is 0 Å². The minimum absolute atomic E-state index is 0.0332. The Hall–Kier alpha value is -1.63. The van der Waals surface area contributed by atoms with Crippen molar-refractivity contribution in [2.24, 2.45) is 11.8 Å². The van der Waals surface area contributed by atoms with Gasteiger partial charge in [-0.05, 0) is 31.6 Å². The molecular formula is C16H26N4O2S. The Morgan fingerprint density at radius 1 is 1.30 bits per heavy atom. The van der Waals surface area contributed by atoms with Crippen LogP contribution in [-0.4, -0.2) is 48.0 Å². The van der Waals surface area contributed by atoms with Gasteiger partial charge in [0.2, 0.25) is 0 Å². The van der Waals surface area contributed by atoms with Crippen LogP contribution in [0.15, 0.2) is 5.51 Å². The van der Waals surface area contributed by atoms with Crippen LogP contribution in [0.4, 0.5) is 4.79 Å². The van der Waals surface area contributed by atoms with Crippen molar-refractivity contribution in [2.75, 3.05) is 26.2 Å². The lowest BCUT2D eigenvalue weighted by Crippen LogP contribution is -2.44. The number of nitrogens with one attached hydrogen (secondary N) is 2. The normalized spacial score (nSPS) is 21.6. The lowest BCUT2D eigenvalue weighted by molar-refractivity contribution is 0.0956. The Kier molecular flexibility index (Phi) is 6.38. The minimum atomic E-state index is -0.128. The van der Waals surface area contributed by atoms with Gasteiger partial charge in [0.1, 0.15) is 4.88 Å². The number of urea groups is 1. The van der Waals surface area contributed by atoms with Gasteiger partial charge in [0.15, 0.2) is 0 Å². The molecule has 0 aliphatic carbocycles. The highest BCUT2D eigenvalue weighted by atomic mass is 32.1. The highest BCUT2D eigenvalue weighted by Crippen LogP contribution is 2.21. The molecule has 0 aromatic carbocycles. The van der Waals surface area contributed by atoms with Crippen molar-refractivity contribution < 1.29 is 9.59 Å². The van der Waals surface area contributed by atoms with Gasteiger partial charge in [0, 0.05) is 26.2 Å². The fourth-order valence-corrected chi connectivity index (χ4v) is 3.68. The van der Waals surface area contributed by atoms with E-state index in [1.807, 2.05) is 11.8 Å². The van der Waals surface area contributed by atoms with Crippen LogP contribution in [0.5, 0.6) is 0 Å². The molecule has 6 nitrogen and oxygen atoms in total. The second kappa shape index (κ2) is 8.29. The molecule has 1 aliphatic heterocycles. The molecule has 3 amide bonds. The number of likely N-dealkylation sites (tertiary alicyclic amines) is 1. The van der Waals surface area contributed by atoms with Gasteiger partial charge in [-0.3, -0.25) is 4.79 Å². The topological polar surface area (TPSA) is 74.3 Å². The zero-order chi connectivity index (χ0) is 16.8. The number of nitrogens with zero attached hydrogens (tertiary/aromatic N) is 2. The van der Waals surface area contributed by atoms with Crippen molar-refractivity contribution in [3.05, 3.63) is 16.1 Å². The number of carbonyl (C=O) groups excluding carboxylic acids is 2. The standard InChI is InChI=1S/C16H26N4O2S/c1-11-4-7-20(9-12(2)8-11)16(22)18-6-5-17-15(21)14-13(3)19-10-23-14/h10-12H,4-9H2,1-3H3,(H,17,21)(H,18,22)/t11-,12-/m1/s1. The van der Waals surface area contributed by atoms with E-state index in [4.69, 9.17) is 0 Å². The van der Waals surface area contributed by atoms with E-state index in [1.165, 1.54) is 17.8 Å². The smallest absolute Gasteiger partial charge is 0.317 e. The van der Waals surface area contributed by atoms with Crippen LogP contribution in [0.25, 0.3) is 0 Å². The largest absolute Gasteiger partial charge is 0.350 e. The molecule has 2 N–H and O–H groups in total. The first-order valence-electron chi connectivity index (χ1n) is 8.18. The number of aryl methyl sites for hydroxylation is 1. The van der Waals surface area contributed by atoms with Gasteiger partial charge in [0.05, 0.1) is 11.2 Å². The summed E-state index contributed by atoms with van der Waals surface area (Å²) in [6, 6.07) is -0.0332. The Morgan fingerprint density at radius 3 is 2.74 bits per heavy atom. The highest BCUT2D eigenvalue weighted by molar-refractivity contribution is 7.11. The third kappa shape index (κ3) is 5.20. The number of hydrogen-bond donors (Lipinski definition) is 2. The predicted octanol–water partition coefficient (Wildman–Crippen LogP) is 2.26. The molecule has 2 heterocycles. The third-order valence-corrected chi connectivity index (χ3v) is 5.08. The maximum atomic E-state index is 12.2. The zero-order valence-electron chi connectivity index (χ0n) is 14.1. The van der Waals surface area contributed by atoms with Gasteiger partial charge in [-0.25, -0.2) is 9.78 Å². The fourth-order valence-electron chi connectivity index (χ4n) is 2.96. The summed E-state index contributed by atoms with van der Waals surface area (Å²) in [4.78, 5) is 30.7. The molecule has 1 aliphatic rings. The number of hydrogen-bond acceptors (Lipinski definition) is 4. The predicted molar refractivity (Wildman–Crippen MR) is 91.7 cm³/mol. The Morgan fingerprint density at radius 2 is 2.04 bits per heavy atom. The van der Waals surface area contributed by atoms with Crippen LogP contribution in [0.2, 0.25) is 0 Å². The molecule has 128 valence electrons. The SMILES string of the molecule is Cc1ncsc1C(=O)NCCNC(=O)N1CC[C@@H](C)C[C@@H](C)C1. The molecule has 1 aromatic heterocycles. The Balaban J connectivity index is 1.70. The van der Waals surface area contributed by atoms with Crippen LogP contribution in [0.3, 0.4) is 0 Å². The summed E-state index contributed by atoms with van der Waals surface area (Å²) in [5, 5.41) is 5.70. The summed E-state index contributed by atoms with van der Waals surface area (Å²) in [5.74, 6) is 1.08. The maximum absolute atomic E-state index is 12.2. The Labute approximate surface area is 141 Å². The maximum Gasteiger partial charge on any atom is 0.317 e. The summed E-state index contributed by atoms with van der Waals surface area (Å²) in [7, 11) is 0. The van der Waals surface area contributed by atoms with Gasteiger partial charge in [0.25, 0.3) is 5.91 Å². The summed E-state index contributed by atoms with van der Waals surface area (Å²) < 4.78 is 0. The molecular weight excluding hydrogens is 312 g/mol. The summed E-state index contributed by atoms with van der Waals surface area (Å²) in [6.07, 6.45) is 2.23. The van der Waals surface area contributed by atoms with Crippen molar-refractivity contribution >= 4 is 23.3 Å². The number of thiazole rings is 1. The monoisotopic (exact) mass is 338 g/mol. The van der Waals surface area contributed by atoms with Crippen LogP contribution in [0, 0.1) is 18.8 Å². The molecule has 0 saturated carbocycles. The highest BCUT2D eigenvalue weighted by Gasteiger charge is 2.22. The summed E-state index contributed by atoms with van der Waals surface area (Å²) in [6.45, 7) is 8.72. The molecule has 23 heavy (non-hydrogen) atoms. The van der Waals surface area contributed by atoms with Crippen molar-refractivity contribution in [3.63, 3.8) is 0 Å². The van der Waals surface area contributed by atoms with Gasteiger partial charge in [-0.15, -0.1) is 11.3 Å². The van der Waals surface area contributed by atoms with E-state index in [9.17, 15) is 9.59 Å². The van der Waals surface area contributed by atoms with E-state index < -0.39 is 0 Å². The molecule has 1 aromatic rings. The molecule has 2 rings (SSSR count). The lowest BCUT2D eigenvalue weighted by atomic mass is 9.97. The number of aromatic nitrogens is 1. The van der Waals surface area contributed by atoms with Crippen LogP contribution < -0.4 is 10.6 Å². The first kappa shape index (κ1) is 17.7. The number of carbonyl (C=O) groups is 2. The third-order valence-electron chi connectivity index (χ3n) is 4.15. The van der Waals surface area contributed by atoms with E-state index in [-0.39, 0.29) is 11.9 Å². The molecule has 0 radical (unpaired) electrons. The average molecular weight is 338 g/mol.